The summed E-state index contributed by atoms with van der Waals surface area (Å²) in [6.45, 7) is 6.07. The topological polar surface area (TPSA) is 80.0 Å². The Morgan fingerprint density at radius 2 is 2.06 bits per heavy atom. The molecule has 1 aromatic heterocycles. The number of pyridine rings is 1. The Hall–Kier alpha value is -1.62. The maximum atomic E-state index is 11.8. The minimum absolute atomic E-state index is 0.115. The number of nitrogens with one attached hydrogen (secondary N) is 2. The van der Waals surface area contributed by atoms with Gasteiger partial charge in [-0.1, -0.05) is 19.9 Å². The summed E-state index contributed by atoms with van der Waals surface area (Å²) in [6, 6.07) is 5.20. The summed E-state index contributed by atoms with van der Waals surface area (Å²) in [6.07, 6.45) is 0. The van der Waals surface area contributed by atoms with Gasteiger partial charge in [-0.25, -0.2) is 10.8 Å². The number of hydrogen-bond donors (Lipinski definition) is 3. The van der Waals surface area contributed by atoms with Crippen LogP contribution in [0.1, 0.15) is 31.3 Å². The first-order chi connectivity index (χ1) is 7.54. The van der Waals surface area contributed by atoms with Crippen LogP contribution in [0.15, 0.2) is 18.2 Å². The highest BCUT2D eigenvalue weighted by atomic mass is 16.1. The van der Waals surface area contributed by atoms with Gasteiger partial charge >= 0.3 is 0 Å². The van der Waals surface area contributed by atoms with Crippen LogP contribution in [0.25, 0.3) is 0 Å². The molecule has 0 saturated carbocycles. The molecular weight excluding hydrogens is 204 g/mol. The molecule has 0 aliphatic heterocycles. The number of rotatable bonds is 4. The average Bonchev–Trinajstić information content (AvgIpc) is 2.28. The zero-order valence-corrected chi connectivity index (χ0v) is 9.82. The second-order valence-corrected chi connectivity index (χ2v) is 4.06. The van der Waals surface area contributed by atoms with Crippen LogP contribution in [0, 0.1) is 5.92 Å². The average molecular weight is 222 g/mol. The monoisotopic (exact) mass is 222 g/mol. The highest BCUT2D eigenvalue weighted by molar-refractivity contribution is 5.92. The van der Waals surface area contributed by atoms with Gasteiger partial charge in [-0.05, 0) is 25.0 Å². The van der Waals surface area contributed by atoms with Gasteiger partial charge in [-0.2, -0.15) is 0 Å². The lowest BCUT2D eigenvalue weighted by molar-refractivity contribution is 0.0925. The summed E-state index contributed by atoms with van der Waals surface area (Å²) in [5.41, 5.74) is 2.77. The third kappa shape index (κ3) is 3.20. The molecule has 0 radical (unpaired) electrons. The molecule has 0 aliphatic rings. The quantitative estimate of drug-likeness (QED) is 0.527. The first-order valence-corrected chi connectivity index (χ1v) is 5.29. The normalized spacial score (nSPS) is 12.3. The number of amides is 1. The lowest BCUT2D eigenvalue weighted by atomic mass is 10.1. The van der Waals surface area contributed by atoms with Gasteiger partial charge in [0.15, 0.2) is 0 Å². The largest absolute Gasteiger partial charge is 0.348 e. The molecule has 0 aromatic carbocycles. The van der Waals surface area contributed by atoms with Crippen molar-refractivity contribution < 1.29 is 4.79 Å². The van der Waals surface area contributed by atoms with E-state index >= 15 is 0 Å². The van der Waals surface area contributed by atoms with Crippen LogP contribution in [0.4, 0.5) is 5.82 Å². The molecular formula is C11H18N4O. The van der Waals surface area contributed by atoms with Crippen LogP contribution in [0.3, 0.4) is 0 Å². The molecule has 0 aliphatic carbocycles. The van der Waals surface area contributed by atoms with E-state index in [1.54, 1.807) is 18.2 Å². The highest BCUT2D eigenvalue weighted by Crippen LogP contribution is 2.05. The molecule has 0 saturated heterocycles. The Kier molecular flexibility index (Phi) is 4.25. The summed E-state index contributed by atoms with van der Waals surface area (Å²) in [4.78, 5) is 15.8. The van der Waals surface area contributed by atoms with E-state index in [0.717, 1.165) is 0 Å². The smallest absolute Gasteiger partial charge is 0.270 e. The van der Waals surface area contributed by atoms with Crippen LogP contribution in [0.5, 0.6) is 0 Å². The van der Waals surface area contributed by atoms with Crippen LogP contribution in [-0.4, -0.2) is 16.9 Å². The van der Waals surface area contributed by atoms with Gasteiger partial charge in [0.25, 0.3) is 5.91 Å². The summed E-state index contributed by atoms with van der Waals surface area (Å²) >= 11 is 0. The van der Waals surface area contributed by atoms with Gasteiger partial charge in [0.05, 0.1) is 0 Å². The predicted molar refractivity (Wildman–Crippen MR) is 63.8 cm³/mol. The number of hydrogen-bond acceptors (Lipinski definition) is 4. The van der Waals surface area contributed by atoms with E-state index in [9.17, 15) is 4.79 Å². The van der Waals surface area contributed by atoms with Crippen LogP contribution >= 0.6 is 0 Å². The van der Waals surface area contributed by atoms with Crippen molar-refractivity contribution in [3.8, 4) is 0 Å². The Morgan fingerprint density at radius 3 is 2.62 bits per heavy atom. The molecule has 1 aromatic rings. The maximum Gasteiger partial charge on any atom is 0.270 e. The molecule has 0 bridgehead atoms. The SMILES string of the molecule is CC(C)C(C)NC(=O)c1cccc(NN)n1. The Balaban J connectivity index is 2.72. The molecule has 1 atom stereocenters. The van der Waals surface area contributed by atoms with Crippen molar-refractivity contribution in [3.05, 3.63) is 23.9 Å². The van der Waals surface area contributed by atoms with Crippen LogP contribution in [-0.2, 0) is 0 Å². The molecule has 0 fully saturated rings. The summed E-state index contributed by atoms with van der Waals surface area (Å²) in [5, 5.41) is 2.88. The van der Waals surface area contributed by atoms with Crippen molar-refractivity contribution in [2.75, 3.05) is 5.43 Å². The van der Waals surface area contributed by atoms with E-state index in [1.807, 2.05) is 6.92 Å². The number of hydrazine groups is 1. The van der Waals surface area contributed by atoms with E-state index in [-0.39, 0.29) is 11.9 Å². The lowest BCUT2D eigenvalue weighted by Crippen LogP contribution is -2.36. The zero-order valence-electron chi connectivity index (χ0n) is 9.82. The number of nitrogens with zero attached hydrogens (tertiary/aromatic N) is 1. The van der Waals surface area contributed by atoms with Crippen LogP contribution in [0.2, 0.25) is 0 Å². The molecule has 1 heterocycles. The van der Waals surface area contributed by atoms with Gasteiger partial charge in [0.1, 0.15) is 11.5 Å². The zero-order chi connectivity index (χ0) is 12.1. The van der Waals surface area contributed by atoms with Crippen molar-refractivity contribution in [2.24, 2.45) is 11.8 Å². The molecule has 1 rings (SSSR count). The fraction of sp³-hybridized carbons (Fsp3) is 0.455. The first kappa shape index (κ1) is 12.4. The predicted octanol–water partition coefficient (Wildman–Crippen LogP) is 1.14. The molecule has 1 amide bonds. The standard InChI is InChI=1S/C11H18N4O/c1-7(2)8(3)13-11(16)9-5-4-6-10(14-9)15-12/h4-8H,12H2,1-3H3,(H,13,16)(H,14,15). The van der Waals surface area contributed by atoms with Crippen molar-refractivity contribution in [2.45, 2.75) is 26.8 Å². The molecule has 1 unspecified atom stereocenters. The second kappa shape index (κ2) is 5.46. The molecule has 16 heavy (non-hydrogen) atoms. The highest BCUT2D eigenvalue weighted by Gasteiger charge is 2.13. The Labute approximate surface area is 95.4 Å². The van der Waals surface area contributed by atoms with Gasteiger partial charge in [-0.3, -0.25) is 4.79 Å². The summed E-state index contributed by atoms with van der Waals surface area (Å²) in [5.74, 6) is 5.91. The first-order valence-electron chi connectivity index (χ1n) is 5.29. The van der Waals surface area contributed by atoms with Gasteiger partial charge in [0, 0.05) is 6.04 Å². The summed E-state index contributed by atoms with van der Waals surface area (Å²) < 4.78 is 0. The van der Waals surface area contributed by atoms with Crippen LogP contribution < -0.4 is 16.6 Å². The fourth-order valence-electron chi connectivity index (χ4n) is 1.09. The number of nitrogen functional groups attached to an aromatic ring is 1. The maximum absolute atomic E-state index is 11.8. The molecule has 5 heteroatoms. The second-order valence-electron chi connectivity index (χ2n) is 4.06. The van der Waals surface area contributed by atoms with E-state index in [4.69, 9.17) is 5.84 Å². The summed E-state index contributed by atoms with van der Waals surface area (Å²) in [7, 11) is 0. The Morgan fingerprint density at radius 1 is 1.38 bits per heavy atom. The van der Waals surface area contributed by atoms with Crippen molar-refractivity contribution >= 4 is 11.7 Å². The molecule has 88 valence electrons. The molecule has 5 nitrogen and oxygen atoms in total. The number of carbonyl (C=O) groups excluding carboxylic acids is 1. The van der Waals surface area contributed by atoms with Crippen molar-refractivity contribution in [1.82, 2.24) is 10.3 Å². The number of nitrogens with two attached hydrogens (primary N) is 1. The van der Waals surface area contributed by atoms with Crippen molar-refractivity contribution in [3.63, 3.8) is 0 Å². The van der Waals surface area contributed by atoms with Gasteiger partial charge in [0.2, 0.25) is 0 Å². The lowest BCUT2D eigenvalue weighted by Gasteiger charge is -2.17. The number of anilines is 1. The number of carbonyl (C=O) groups is 1. The van der Waals surface area contributed by atoms with Crippen molar-refractivity contribution in [1.29, 1.82) is 0 Å². The van der Waals surface area contributed by atoms with E-state index in [2.05, 4.69) is 29.6 Å². The number of aromatic nitrogens is 1. The third-order valence-corrected chi connectivity index (χ3v) is 2.49. The fourth-order valence-corrected chi connectivity index (χ4v) is 1.09. The third-order valence-electron chi connectivity index (χ3n) is 2.49. The van der Waals surface area contributed by atoms with E-state index in [0.29, 0.717) is 17.4 Å². The molecule has 4 N–H and O–H groups in total. The van der Waals surface area contributed by atoms with Gasteiger partial charge < -0.3 is 10.7 Å². The Bertz CT molecular complexity index is 365. The minimum Gasteiger partial charge on any atom is -0.348 e. The molecule has 0 spiro atoms. The van der Waals surface area contributed by atoms with Gasteiger partial charge in [-0.15, -0.1) is 0 Å². The minimum atomic E-state index is -0.182. The van der Waals surface area contributed by atoms with E-state index < -0.39 is 0 Å². The van der Waals surface area contributed by atoms with E-state index in [1.165, 1.54) is 0 Å².